The van der Waals surface area contributed by atoms with Gasteiger partial charge in [0.05, 0.1) is 19.7 Å². The number of carbonyl (C=O) groups is 1. The van der Waals surface area contributed by atoms with Crippen molar-refractivity contribution in [2.24, 2.45) is 7.05 Å². The summed E-state index contributed by atoms with van der Waals surface area (Å²) in [6.45, 7) is 4.07. The van der Waals surface area contributed by atoms with Crippen molar-refractivity contribution in [1.29, 1.82) is 0 Å². The molecular formula is C18H21F3N6O4. The number of aryl methyl sites for hydroxylation is 1. The maximum atomic E-state index is 12.8. The zero-order valence-corrected chi connectivity index (χ0v) is 17.1. The molecule has 1 saturated heterocycles. The molecule has 0 radical (unpaired) electrons. The Morgan fingerprint density at radius 1 is 1.35 bits per heavy atom. The van der Waals surface area contributed by atoms with Crippen LogP contribution in [0.3, 0.4) is 0 Å². The molecule has 2 aromatic heterocycles. The normalized spacial score (nSPS) is 16.7. The third kappa shape index (κ3) is 4.43. The second-order valence-corrected chi connectivity index (χ2v) is 6.54. The summed E-state index contributed by atoms with van der Waals surface area (Å²) in [6, 6.07) is -0.0567. The van der Waals surface area contributed by atoms with E-state index < -0.39 is 24.1 Å². The van der Waals surface area contributed by atoms with Crippen LogP contribution in [0.2, 0.25) is 0 Å². The van der Waals surface area contributed by atoms with Crippen molar-refractivity contribution >= 4 is 23.0 Å². The summed E-state index contributed by atoms with van der Waals surface area (Å²) in [7, 11) is 1.51. The summed E-state index contributed by atoms with van der Waals surface area (Å²) in [4.78, 5) is 34.2. The second-order valence-electron chi connectivity index (χ2n) is 6.54. The van der Waals surface area contributed by atoms with Crippen molar-refractivity contribution in [3.05, 3.63) is 10.5 Å². The second kappa shape index (κ2) is 8.84. The molecule has 31 heavy (non-hydrogen) atoms. The fraction of sp³-hybridized carbons (Fsp3) is 0.556. The van der Waals surface area contributed by atoms with Crippen molar-refractivity contribution in [2.45, 2.75) is 32.8 Å². The first-order chi connectivity index (χ1) is 14.7. The minimum absolute atomic E-state index is 0.0239. The number of fused-ring (bicyclic) bond motifs is 1. The maximum absolute atomic E-state index is 12.8. The van der Waals surface area contributed by atoms with Gasteiger partial charge in [-0.25, -0.2) is 9.59 Å². The maximum Gasteiger partial charge on any atom is 0.491 e. The zero-order chi connectivity index (χ0) is 22.8. The first kappa shape index (κ1) is 22.4. The number of anilines is 1. The minimum Gasteiger partial charge on any atom is -0.464 e. The van der Waals surface area contributed by atoms with Crippen molar-refractivity contribution in [1.82, 2.24) is 24.4 Å². The summed E-state index contributed by atoms with van der Waals surface area (Å²) in [6.07, 6.45) is -6.46. The Morgan fingerprint density at radius 2 is 2.10 bits per heavy atom. The van der Waals surface area contributed by atoms with E-state index in [1.54, 1.807) is 13.8 Å². The number of alkyl halides is 3. The number of esters is 1. The van der Waals surface area contributed by atoms with E-state index in [0.29, 0.717) is 6.54 Å². The molecule has 10 nitrogen and oxygen atoms in total. The van der Waals surface area contributed by atoms with Crippen LogP contribution in [0, 0.1) is 11.8 Å². The van der Waals surface area contributed by atoms with E-state index in [0.717, 1.165) is 0 Å². The molecule has 1 N–H and O–H groups in total. The van der Waals surface area contributed by atoms with Gasteiger partial charge in [-0.05, 0) is 13.8 Å². The Morgan fingerprint density at radius 3 is 2.74 bits per heavy atom. The van der Waals surface area contributed by atoms with E-state index in [2.05, 4.69) is 27.1 Å². The molecule has 0 bridgehead atoms. The molecule has 0 aromatic carbocycles. The van der Waals surface area contributed by atoms with Crippen LogP contribution in [0.5, 0.6) is 6.01 Å². The van der Waals surface area contributed by atoms with E-state index >= 15 is 0 Å². The fourth-order valence-electron chi connectivity index (χ4n) is 3.17. The largest absolute Gasteiger partial charge is 0.491 e. The highest BCUT2D eigenvalue weighted by Crippen LogP contribution is 2.29. The minimum atomic E-state index is -5.15. The third-order valence-corrected chi connectivity index (χ3v) is 4.56. The highest BCUT2D eigenvalue weighted by Gasteiger charge is 2.44. The number of imidazole rings is 1. The lowest BCUT2D eigenvalue weighted by molar-refractivity contribution is -0.205. The molecule has 2 aromatic rings. The number of nitrogens with zero attached hydrogens (tertiary/aromatic N) is 5. The average molecular weight is 442 g/mol. The highest BCUT2D eigenvalue weighted by atomic mass is 19.4. The standard InChI is InChI=1S/C18H21F3N6O4/c1-4-6-8-27-12-13(25(3)17(27)29)23-16(30-5-2)24-14(12)26-9-7-22-10-11(26)31-15(28)18(19,20)21/h11,22H,5,7-10H2,1-3H3. The van der Waals surface area contributed by atoms with Gasteiger partial charge >= 0.3 is 23.8 Å². The number of halogens is 3. The van der Waals surface area contributed by atoms with Crippen LogP contribution in [0.4, 0.5) is 19.0 Å². The number of piperazine rings is 1. The van der Waals surface area contributed by atoms with Gasteiger partial charge in [0.15, 0.2) is 17.7 Å². The molecule has 0 spiro atoms. The molecule has 1 unspecified atom stereocenters. The molecule has 0 aliphatic carbocycles. The molecule has 13 heteroatoms. The van der Waals surface area contributed by atoms with Crippen molar-refractivity contribution in [3.8, 4) is 17.9 Å². The van der Waals surface area contributed by atoms with Crippen molar-refractivity contribution in [2.75, 3.05) is 31.1 Å². The molecule has 1 aliphatic heterocycles. The van der Waals surface area contributed by atoms with Crippen molar-refractivity contribution in [3.63, 3.8) is 0 Å². The SMILES string of the molecule is CC#CCn1c(=O)n(C)c2nc(OCC)nc(N3CCNCC3OC(=O)C(F)(F)F)c21. The molecule has 3 heterocycles. The number of rotatable bonds is 5. The lowest BCUT2D eigenvalue weighted by atomic mass is 10.3. The first-order valence-electron chi connectivity index (χ1n) is 9.43. The average Bonchev–Trinajstić information content (AvgIpc) is 2.96. The molecule has 1 fully saturated rings. The number of aromatic nitrogens is 4. The van der Waals surface area contributed by atoms with Crippen LogP contribution in [-0.4, -0.2) is 63.7 Å². The Bertz CT molecular complexity index is 1100. The fourth-order valence-corrected chi connectivity index (χ4v) is 3.17. The van der Waals surface area contributed by atoms with E-state index in [9.17, 15) is 22.8 Å². The Balaban J connectivity index is 2.19. The molecule has 0 amide bonds. The van der Waals surface area contributed by atoms with Gasteiger partial charge in [0.2, 0.25) is 0 Å². The third-order valence-electron chi connectivity index (χ3n) is 4.56. The van der Waals surface area contributed by atoms with Crippen LogP contribution in [0.15, 0.2) is 4.79 Å². The van der Waals surface area contributed by atoms with Gasteiger partial charge in [0.25, 0.3) is 0 Å². The van der Waals surface area contributed by atoms with E-state index in [4.69, 9.17) is 9.47 Å². The first-order valence-corrected chi connectivity index (χ1v) is 9.43. The number of hydrogen-bond acceptors (Lipinski definition) is 8. The van der Waals surface area contributed by atoms with E-state index in [-0.39, 0.29) is 49.2 Å². The summed E-state index contributed by atoms with van der Waals surface area (Å²) >= 11 is 0. The van der Waals surface area contributed by atoms with E-state index in [1.165, 1.54) is 21.1 Å². The predicted octanol–water partition coefficient (Wildman–Crippen LogP) is 0.393. The van der Waals surface area contributed by atoms with E-state index in [1.807, 2.05) is 0 Å². The Kier molecular flexibility index (Phi) is 6.40. The van der Waals surface area contributed by atoms with Gasteiger partial charge < -0.3 is 19.7 Å². The van der Waals surface area contributed by atoms with Gasteiger partial charge in [-0.2, -0.15) is 23.1 Å². The molecule has 1 aliphatic rings. The zero-order valence-electron chi connectivity index (χ0n) is 17.1. The molecule has 0 saturated carbocycles. The smallest absolute Gasteiger partial charge is 0.464 e. The van der Waals surface area contributed by atoms with Crippen LogP contribution in [-0.2, 0) is 23.1 Å². The quantitative estimate of drug-likeness (QED) is 0.524. The molecular weight excluding hydrogens is 421 g/mol. The summed E-state index contributed by atoms with van der Waals surface area (Å²) < 4.78 is 51.1. The van der Waals surface area contributed by atoms with Crippen LogP contribution >= 0.6 is 0 Å². The van der Waals surface area contributed by atoms with Crippen LogP contribution < -0.4 is 20.6 Å². The summed E-state index contributed by atoms with van der Waals surface area (Å²) in [5, 5.41) is 2.89. The number of hydrogen-bond donors (Lipinski definition) is 1. The van der Waals surface area contributed by atoms with Gasteiger partial charge in [-0.1, -0.05) is 5.92 Å². The topological polar surface area (TPSA) is 104 Å². The monoisotopic (exact) mass is 442 g/mol. The number of carbonyl (C=O) groups excluding carboxylic acids is 1. The van der Waals surface area contributed by atoms with Gasteiger partial charge in [0.1, 0.15) is 5.52 Å². The number of ether oxygens (including phenoxy) is 2. The highest BCUT2D eigenvalue weighted by molar-refractivity contribution is 5.85. The van der Waals surface area contributed by atoms with Crippen LogP contribution in [0.25, 0.3) is 11.2 Å². The number of nitrogens with one attached hydrogen (secondary N) is 1. The Labute approximate surface area is 174 Å². The molecule has 1 atom stereocenters. The van der Waals surface area contributed by atoms with Gasteiger partial charge in [-0.15, -0.1) is 5.92 Å². The lowest BCUT2D eigenvalue weighted by Gasteiger charge is -2.36. The molecule has 3 rings (SSSR count). The predicted molar refractivity (Wildman–Crippen MR) is 104 cm³/mol. The van der Waals surface area contributed by atoms with Crippen LogP contribution in [0.1, 0.15) is 13.8 Å². The Hall–Kier alpha value is -3.27. The van der Waals surface area contributed by atoms with Gasteiger partial charge in [0, 0.05) is 20.1 Å². The summed E-state index contributed by atoms with van der Waals surface area (Å²) in [5.41, 5.74) is 0.0466. The van der Waals surface area contributed by atoms with Crippen molar-refractivity contribution < 1.29 is 27.4 Å². The van der Waals surface area contributed by atoms with Gasteiger partial charge in [-0.3, -0.25) is 9.13 Å². The lowest BCUT2D eigenvalue weighted by Crippen LogP contribution is -2.54. The molecule has 168 valence electrons. The summed E-state index contributed by atoms with van der Waals surface area (Å²) in [5.74, 6) is 3.29.